The number of carbonyl (C=O) groups excluding carboxylic acids is 2. The molecule has 0 aliphatic carbocycles. The highest BCUT2D eigenvalue weighted by molar-refractivity contribution is 5.97. The smallest absolute Gasteiger partial charge is 0.403 e. The van der Waals surface area contributed by atoms with Crippen LogP contribution in [0.1, 0.15) is 84.1 Å². The van der Waals surface area contributed by atoms with Crippen LogP contribution < -0.4 is 4.74 Å². The molecule has 4 aromatic carbocycles. The molecule has 0 atom stereocenters. The summed E-state index contributed by atoms with van der Waals surface area (Å²) in [6.45, 7) is 0. The van der Waals surface area contributed by atoms with Crippen molar-refractivity contribution in [2.75, 3.05) is 0 Å². The highest BCUT2D eigenvalue weighted by atomic mass is 19.4. The van der Waals surface area contributed by atoms with Crippen LogP contribution >= 0.6 is 0 Å². The van der Waals surface area contributed by atoms with Crippen molar-refractivity contribution in [1.82, 2.24) is 0 Å². The van der Waals surface area contributed by atoms with E-state index in [1.54, 1.807) is 36.4 Å². The third-order valence-corrected chi connectivity index (χ3v) is 7.56. The maximum absolute atomic E-state index is 14.0. The van der Waals surface area contributed by atoms with Crippen LogP contribution in [0.4, 0.5) is 17.6 Å². The number of alkyl halides is 3. The number of nitrogens with zero attached hydrogens (tertiary/aromatic N) is 1. The van der Waals surface area contributed by atoms with Gasteiger partial charge in [0.25, 0.3) is 0 Å². The van der Waals surface area contributed by atoms with Crippen molar-refractivity contribution in [3.8, 4) is 34.1 Å². The lowest BCUT2D eigenvalue weighted by molar-refractivity contribution is -0.275. The number of Topliss-reactive ketones (excluding diaryl/α,β-unsaturated/α-hetero) is 2. The zero-order chi connectivity index (χ0) is 32.2. The molecule has 0 aromatic heterocycles. The molecule has 4 rings (SSSR count). The van der Waals surface area contributed by atoms with E-state index in [9.17, 15) is 27.2 Å². The van der Waals surface area contributed by atoms with Crippen molar-refractivity contribution in [3.05, 3.63) is 114 Å². The van der Waals surface area contributed by atoms with Crippen molar-refractivity contribution < 1.29 is 31.9 Å². The van der Waals surface area contributed by atoms with E-state index in [4.69, 9.17) is 5.26 Å². The first-order valence-corrected chi connectivity index (χ1v) is 15.0. The lowest BCUT2D eigenvalue weighted by Gasteiger charge is -2.11. The number of ether oxygens (including phenoxy) is 1. The van der Waals surface area contributed by atoms with Gasteiger partial charge in [-0.15, -0.1) is 13.2 Å². The Kier molecular flexibility index (Phi) is 11.6. The number of rotatable bonds is 15. The van der Waals surface area contributed by atoms with Gasteiger partial charge in [0.2, 0.25) is 0 Å². The number of ketones is 2. The number of hydrogen-bond acceptors (Lipinski definition) is 4. The van der Waals surface area contributed by atoms with Crippen LogP contribution in [0.2, 0.25) is 0 Å². The van der Waals surface area contributed by atoms with Gasteiger partial charge in [0.15, 0.2) is 23.1 Å². The Morgan fingerprint density at radius 2 is 1.00 bits per heavy atom. The molecule has 0 heterocycles. The molecule has 0 N–H and O–H groups in total. The molecule has 8 heteroatoms. The Labute approximate surface area is 260 Å². The van der Waals surface area contributed by atoms with Gasteiger partial charge in [-0.3, -0.25) is 9.59 Å². The second-order valence-corrected chi connectivity index (χ2v) is 10.9. The van der Waals surface area contributed by atoms with Crippen molar-refractivity contribution in [1.29, 1.82) is 5.26 Å². The summed E-state index contributed by atoms with van der Waals surface area (Å²) in [5.74, 6) is -1.88. The summed E-state index contributed by atoms with van der Waals surface area (Å²) in [5, 5.41) is 8.94. The number of hydrogen-bond donors (Lipinski definition) is 0. The van der Waals surface area contributed by atoms with E-state index in [1.807, 2.05) is 36.4 Å². The molecular formula is C37H33F4NO3. The third-order valence-electron chi connectivity index (χ3n) is 7.56. The topological polar surface area (TPSA) is 67.2 Å². The highest BCUT2D eigenvalue weighted by Gasteiger charge is 2.32. The van der Waals surface area contributed by atoms with Gasteiger partial charge in [-0.1, -0.05) is 98.8 Å². The molecule has 4 nitrogen and oxygen atoms in total. The average molecular weight is 616 g/mol. The molecule has 0 saturated heterocycles. The number of halogens is 4. The Hall–Kier alpha value is -4.77. The van der Waals surface area contributed by atoms with E-state index in [1.165, 1.54) is 6.07 Å². The van der Waals surface area contributed by atoms with Gasteiger partial charge in [-0.25, -0.2) is 4.39 Å². The van der Waals surface area contributed by atoms with E-state index in [0.717, 1.165) is 68.2 Å². The third kappa shape index (κ3) is 10.1. The first kappa shape index (κ1) is 33.1. The summed E-state index contributed by atoms with van der Waals surface area (Å²) >= 11 is 0. The van der Waals surface area contributed by atoms with Crippen LogP contribution in [0.15, 0.2) is 91.0 Å². The van der Waals surface area contributed by atoms with Gasteiger partial charge >= 0.3 is 6.36 Å². The van der Waals surface area contributed by atoms with E-state index in [2.05, 4.69) is 10.8 Å². The molecule has 0 fully saturated rings. The summed E-state index contributed by atoms with van der Waals surface area (Å²) in [6, 6.07) is 26.8. The largest absolute Gasteiger partial charge is 0.573 e. The van der Waals surface area contributed by atoms with Gasteiger partial charge in [-0.05, 0) is 59.4 Å². The predicted molar refractivity (Wildman–Crippen MR) is 165 cm³/mol. The number of benzene rings is 4. The molecule has 45 heavy (non-hydrogen) atoms. The Morgan fingerprint density at radius 1 is 0.600 bits per heavy atom. The van der Waals surface area contributed by atoms with E-state index in [-0.39, 0.29) is 11.6 Å². The predicted octanol–water partition coefficient (Wildman–Crippen LogP) is 10.5. The standard InChI is InChI=1S/C37H33F4NO3/c38-33-24-32(22-23-36(33)45-37(39,40)41)29-16-20-31(21-17-29)35(44)9-7-5-3-1-2-4-6-8-34(43)30-18-14-28(15-19-30)27-12-10-26(25-42)11-13-27/h10-24H,1-9H2. The molecule has 4 aromatic rings. The fourth-order valence-corrected chi connectivity index (χ4v) is 5.07. The quantitative estimate of drug-likeness (QED) is 0.0758. The van der Waals surface area contributed by atoms with Crippen LogP contribution in [0.25, 0.3) is 22.3 Å². The van der Waals surface area contributed by atoms with Crippen LogP contribution in [0, 0.1) is 17.1 Å². The Bertz CT molecular complexity index is 1620. The van der Waals surface area contributed by atoms with Crippen molar-refractivity contribution >= 4 is 11.6 Å². The van der Waals surface area contributed by atoms with Crippen molar-refractivity contribution in [2.24, 2.45) is 0 Å². The minimum atomic E-state index is -4.97. The zero-order valence-corrected chi connectivity index (χ0v) is 24.7. The molecule has 0 radical (unpaired) electrons. The first-order valence-electron chi connectivity index (χ1n) is 15.0. The van der Waals surface area contributed by atoms with E-state index < -0.39 is 17.9 Å². The number of unbranched alkanes of at least 4 members (excludes halogenated alkanes) is 6. The maximum Gasteiger partial charge on any atom is 0.573 e. The number of nitriles is 1. The molecule has 0 aliphatic rings. The van der Waals surface area contributed by atoms with Gasteiger partial charge in [0.1, 0.15) is 0 Å². The normalized spacial score (nSPS) is 11.2. The Morgan fingerprint density at radius 3 is 1.42 bits per heavy atom. The fraction of sp³-hybridized carbons (Fsp3) is 0.270. The van der Waals surface area contributed by atoms with Crippen LogP contribution in [-0.4, -0.2) is 17.9 Å². The minimum Gasteiger partial charge on any atom is -0.403 e. The number of carbonyl (C=O) groups is 2. The second kappa shape index (κ2) is 15.8. The molecular weight excluding hydrogens is 582 g/mol. The molecule has 232 valence electrons. The van der Waals surface area contributed by atoms with E-state index >= 15 is 0 Å². The average Bonchev–Trinajstić information content (AvgIpc) is 3.04. The van der Waals surface area contributed by atoms with Crippen LogP contribution in [-0.2, 0) is 0 Å². The van der Waals surface area contributed by atoms with Crippen LogP contribution in [0.5, 0.6) is 5.75 Å². The molecule has 0 spiro atoms. The molecule has 0 bridgehead atoms. The second-order valence-electron chi connectivity index (χ2n) is 10.9. The summed E-state index contributed by atoms with van der Waals surface area (Å²) in [6.07, 6.45) is 2.54. The zero-order valence-electron chi connectivity index (χ0n) is 24.7. The summed E-state index contributed by atoms with van der Waals surface area (Å²) in [4.78, 5) is 25.1. The monoisotopic (exact) mass is 615 g/mol. The van der Waals surface area contributed by atoms with Gasteiger partial charge < -0.3 is 4.74 Å². The van der Waals surface area contributed by atoms with Crippen LogP contribution in [0.3, 0.4) is 0 Å². The Balaban J connectivity index is 1.09. The molecule has 0 saturated carbocycles. The summed E-state index contributed by atoms with van der Waals surface area (Å²) in [5.41, 5.74) is 4.79. The van der Waals surface area contributed by atoms with Gasteiger partial charge in [-0.2, -0.15) is 5.26 Å². The molecule has 0 unspecified atom stereocenters. The first-order chi connectivity index (χ1) is 21.6. The molecule has 0 aliphatic heterocycles. The summed E-state index contributed by atoms with van der Waals surface area (Å²) < 4.78 is 54.8. The van der Waals surface area contributed by atoms with E-state index in [0.29, 0.717) is 40.7 Å². The minimum absolute atomic E-state index is 0.00473. The van der Waals surface area contributed by atoms with Gasteiger partial charge in [0.05, 0.1) is 11.6 Å². The van der Waals surface area contributed by atoms with Crippen molar-refractivity contribution in [3.63, 3.8) is 0 Å². The highest BCUT2D eigenvalue weighted by Crippen LogP contribution is 2.30. The lowest BCUT2D eigenvalue weighted by Crippen LogP contribution is -2.17. The molecule has 0 amide bonds. The van der Waals surface area contributed by atoms with Crippen molar-refractivity contribution in [2.45, 2.75) is 64.1 Å². The summed E-state index contributed by atoms with van der Waals surface area (Å²) in [7, 11) is 0. The lowest BCUT2D eigenvalue weighted by atomic mass is 9.98. The fourth-order valence-electron chi connectivity index (χ4n) is 5.07. The maximum atomic E-state index is 14.0. The SMILES string of the molecule is N#Cc1ccc(-c2ccc(C(=O)CCCCCCCCCC(=O)c3ccc(-c4ccc(OC(F)(F)F)c(F)c4)cc3)cc2)cc1. The van der Waals surface area contributed by atoms with Gasteiger partial charge in [0, 0.05) is 24.0 Å².